The van der Waals surface area contributed by atoms with Crippen LogP contribution in [-0.4, -0.2) is 64.9 Å². The number of fused-ring (bicyclic) bond motifs is 3. The molecule has 1 aliphatic rings. The van der Waals surface area contributed by atoms with E-state index in [-0.39, 0.29) is 11.6 Å². The van der Waals surface area contributed by atoms with Gasteiger partial charge in [-0.2, -0.15) is 0 Å². The molecule has 1 saturated heterocycles. The number of carbonyl (C=O) groups excluding carboxylic acids is 1. The van der Waals surface area contributed by atoms with Crippen molar-refractivity contribution in [3.05, 3.63) is 48.3 Å². The average Bonchev–Trinajstić information content (AvgIpc) is 3.17. The number of alkyl halides is 3. The van der Waals surface area contributed by atoms with Crippen molar-refractivity contribution in [3.8, 4) is 5.75 Å². The average molecular weight is 499 g/mol. The van der Waals surface area contributed by atoms with Gasteiger partial charge in [-0.05, 0) is 25.2 Å². The molecule has 0 unspecified atom stereocenters. The Hall–Kier alpha value is -4.06. The number of primary amides is 1. The molecule has 0 aliphatic carbocycles. The molecule has 5 rings (SSSR count). The first-order valence-electron chi connectivity index (χ1n) is 11.2. The number of halogens is 3. The summed E-state index contributed by atoms with van der Waals surface area (Å²) >= 11 is 0. The number of anilines is 3. The third-order valence-corrected chi connectivity index (χ3v) is 6.26. The van der Waals surface area contributed by atoms with E-state index in [9.17, 15) is 18.0 Å². The molecule has 4 aromatic rings. The molecule has 9 nitrogen and oxygen atoms in total. The number of hydrogen-bond acceptors (Lipinski definition) is 7. The number of rotatable bonds is 5. The number of nitrogens with two attached hydrogens (primary N) is 1. The summed E-state index contributed by atoms with van der Waals surface area (Å²) in [6.45, 7) is 3.18. The Morgan fingerprint density at radius 1 is 1.11 bits per heavy atom. The van der Waals surface area contributed by atoms with E-state index in [1.807, 2.05) is 7.05 Å². The highest BCUT2D eigenvalue weighted by atomic mass is 19.4. The molecule has 0 saturated carbocycles. The molecule has 12 heteroatoms. The van der Waals surface area contributed by atoms with E-state index >= 15 is 0 Å². The van der Waals surface area contributed by atoms with Crippen LogP contribution in [0.2, 0.25) is 0 Å². The van der Waals surface area contributed by atoms with Crippen LogP contribution in [0, 0.1) is 0 Å². The van der Waals surface area contributed by atoms with Crippen LogP contribution in [0.15, 0.2) is 42.7 Å². The first-order valence-corrected chi connectivity index (χ1v) is 11.2. The minimum atomic E-state index is -4.86. The van der Waals surface area contributed by atoms with Gasteiger partial charge >= 0.3 is 6.36 Å². The van der Waals surface area contributed by atoms with E-state index in [1.165, 1.54) is 6.07 Å². The second kappa shape index (κ2) is 8.86. The maximum atomic E-state index is 13.1. The number of amides is 1. The lowest BCUT2D eigenvalue weighted by Crippen LogP contribution is -2.44. The van der Waals surface area contributed by atoms with Gasteiger partial charge in [0, 0.05) is 62.1 Å². The van der Waals surface area contributed by atoms with Crippen LogP contribution < -0.4 is 20.7 Å². The zero-order valence-corrected chi connectivity index (χ0v) is 19.6. The number of nitrogens with zero attached hydrogens (tertiary/aromatic N) is 5. The van der Waals surface area contributed by atoms with E-state index in [1.54, 1.807) is 48.3 Å². The Morgan fingerprint density at radius 2 is 1.86 bits per heavy atom. The SMILES string of the molecule is CN1CCN(c2ccc(OC(F)(F)F)c(Nc3ncc4ccc5c(C(N)=O)cn(C)c5c4n3)c2)CC1. The second-order valence-corrected chi connectivity index (χ2v) is 8.75. The highest BCUT2D eigenvalue weighted by Crippen LogP contribution is 2.36. The molecule has 0 radical (unpaired) electrons. The van der Waals surface area contributed by atoms with E-state index < -0.39 is 18.0 Å². The van der Waals surface area contributed by atoms with Crippen LogP contribution in [0.1, 0.15) is 10.4 Å². The number of likely N-dealkylation sites (N-methyl/N-ethyl adjacent to an activating group) is 1. The summed E-state index contributed by atoms with van der Waals surface area (Å²) in [5, 5.41) is 4.23. The largest absolute Gasteiger partial charge is 0.573 e. The molecule has 3 heterocycles. The molecule has 2 aromatic heterocycles. The lowest BCUT2D eigenvalue weighted by atomic mass is 10.1. The third kappa shape index (κ3) is 4.59. The molecular formula is C24H24F3N7O2. The van der Waals surface area contributed by atoms with Crippen LogP contribution in [0.3, 0.4) is 0 Å². The third-order valence-electron chi connectivity index (χ3n) is 6.26. The molecule has 1 aliphatic heterocycles. The maximum Gasteiger partial charge on any atom is 0.573 e. The number of ether oxygens (including phenoxy) is 1. The minimum Gasteiger partial charge on any atom is -0.404 e. The fourth-order valence-corrected chi connectivity index (χ4v) is 4.45. The van der Waals surface area contributed by atoms with E-state index in [0.29, 0.717) is 27.4 Å². The summed E-state index contributed by atoms with van der Waals surface area (Å²) in [5.41, 5.74) is 7.88. The van der Waals surface area contributed by atoms with Crippen molar-refractivity contribution in [2.24, 2.45) is 12.8 Å². The molecule has 0 spiro atoms. The molecule has 1 amide bonds. The fraction of sp³-hybridized carbons (Fsp3) is 0.292. The van der Waals surface area contributed by atoms with Crippen molar-refractivity contribution in [3.63, 3.8) is 0 Å². The number of hydrogen-bond donors (Lipinski definition) is 2. The molecule has 0 atom stereocenters. The van der Waals surface area contributed by atoms with Crippen molar-refractivity contribution in [2.45, 2.75) is 6.36 Å². The molecule has 188 valence electrons. The highest BCUT2D eigenvalue weighted by Gasteiger charge is 2.32. The van der Waals surface area contributed by atoms with Crippen LogP contribution >= 0.6 is 0 Å². The molecule has 2 aromatic carbocycles. The molecular weight excluding hydrogens is 475 g/mol. The fourth-order valence-electron chi connectivity index (χ4n) is 4.45. The number of carbonyl (C=O) groups is 1. The number of aryl methyl sites for hydroxylation is 1. The molecule has 3 N–H and O–H groups in total. The summed E-state index contributed by atoms with van der Waals surface area (Å²) in [6, 6.07) is 8.04. The monoisotopic (exact) mass is 499 g/mol. The minimum absolute atomic E-state index is 0.0828. The van der Waals surface area contributed by atoms with Crippen LogP contribution in [-0.2, 0) is 7.05 Å². The quantitative estimate of drug-likeness (QED) is 0.433. The number of benzene rings is 2. The van der Waals surface area contributed by atoms with Gasteiger partial charge in [-0.15, -0.1) is 13.2 Å². The van der Waals surface area contributed by atoms with Crippen molar-refractivity contribution >= 4 is 45.0 Å². The van der Waals surface area contributed by atoms with Crippen molar-refractivity contribution in [1.82, 2.24) is 19.4 Å². The summed E-state index contributed by atoms with van der Waals surface area (Å²) in [4.78, 5) is 25.0. The van der Waals surface area contributed by atoms with Crippen LogP contribution in [0.5, 0.6) is 5.75 Å². The van der Waals surface area contributed by atoms with Gasteiger partial charge in [-0.25, -0.2) is 9.97 Å². The smallest absolute Gasteiger partial charge is 0.404 e. The van der Waals surface area contributed by atoms with E-state index in [4.69, 9.17) is 5.73 Å². The Labute approximate surface area is 204 Å². The van der Waals surface area contributed by atoms with Gasteiger partial charge < -0.3 is 30.2 Å². The molecule has 1 fully saturated rings. The summed E-state index contributed by atoms with van der Waals surface area (Å²) < 4.78 is 45.4. The predicted molar refractivity (Wildman–Crippen MR) is 131 cm³/mol. The molecule has 36 heavy (non-hydrogen) atoms. The Kier molecular flexibility index (Phi) is 5.83. The summed E-state index contributed by atoms with van der Waals surface area (Å²) in [5.74, 6) is -0.876. The Bertz CT molecular complexity index is 1460. The summed E-state index contributed by atoms with van der Waals surface area (Å²) in [6.07, 6.45) is -1.68. The van der Waals surface area contributed by atoms with Gasteiger partial charge in [-0.1, -0.05) is 12.1 Å². The standard InChI is InChI=1S/C24H24F3N7O2/c1-32-7-9-34(10-8-32)15-4-6-19(36-24(25,26)27)18(11-15)30-23-29-12-14-3-5-16-17(22(28)35)13-33(2)21(16)20(14)31-23/h3-6,11-13H,7-10H2,1-2H3,(H2,28,35)(H,29,30,31). The van der Waals surface area contributed by atoms with Crippen molar-refractivity contribution in [2.75, 3.05) is 43.4 Å². The zero-order valence-electron chi connectivity index (χ0n) is 19.6. The zero-order chi connectivity index (χ0) is 25.6. The maximum absolute atomic E-state index is 13.1. The van der Waals surface area contributed by atoms with Crippen LogP contribution in [0.25, 0.3) is 21.8 Å². The molecule has 0 bridgehead atoms. The van der Waals surface area contributed by atoms with Gasteiger partial charge in [0.05, 0.1) is 16.8 Å². The Balaban J connectivity index is 1.56. The first kappa shape index (κ1) is 23.7. The van der Waals surface area contributed by atoms with Gasteiger partial charge in [-0.3, -0.25) is 4.79 Å². The number of piperazine rings is 1. The van der Waals surface area contributed by atoms with Gasteiger partial charge in [0.25, 0.3) is 5.91 Å². The van der Waals surface area contributed by atoms with E-state index in [0.717, 1.165) is 31.9 Å². The van der Waals surface area contributed by atoms with Crippen molar-refractivity contribution in [1.29, 1.82) is 0 Å². The highest BCUT2D eigenvalue weighted by molar-refractivity contribution is 6.13. The van der Waals surface area contributed by atoms with Gasteiger partial charge in [0.1, 0.15) is 5.52 Å². The summed E-state index contributed by atoms with van der Waals surface area (Å²) in [7, 11) is 3.79. The lowest BCUT2D eigenvalue weighted by Gasteiger charge is -2.34. The lowest BCUT2D eigenvalue weighted by molar-refractivity contribution is -0.274. The van der Waals surface area contributed by atoms with Gasteiger partial charge in [0.15, 0.2) is 5.75 Å². The number of nitrogens with one attached hydrogen (secondary N) is 1. The first-order chi connectivity index (χ1) is 17.1. The normalized spacial score (nSPS) is 15.0. The van der Waals surface area contributed by atoms with Gasteiger partial charge in [0.2, 0.25) is 5.95 Å². The topological polar surface area (TPSA) is 102 Å². The van der Waals surface area contributed by atoms with E-state index in [2.05, 4.69) is 29.8 Å². The Morgan fingerprint density at radius 3 is 2.56 bits per heavy atom. The van der Waals surface area contributed by atoms with Crippen LogP contribution in [0.4, 0.5) is 30.5 Å². The van der Waals surface area contributed by atoms with Crippen molar-refractivity contribution < 1.29 is 22.7 Å². The second-order valence-electron chi connectivity index (χ2n) is 8.75. The number of aromatic nitrogens is 3. The predicted octanol–water partition coefficient (Wildman–Crippen LogP) is 3.61.